The van der Waals surface area contributed by atoms with Gasteiger partial charge >= 0.3 is 0 Å². The van der Waals surface area contributed by atoms with E-state index in [0.717, 1.165) is 11.3 Å². The summed E-state index contributed by atoms with van der Waals surface area (Å²) in [6.45, 7) is 3.56. The van der Waals surface area contributed by atoms with E-state index in [1.54, 1.807) is 22.1 Å². The molecule has 3 heterocycles. The molecule has 9 heteroatoms. The number of aromatic nitrogens is 1. The Balaban J connectivity index is 1.79. The second-order valence-electron chi connectivity index (χ2n) is 6.49. The van der Waals surface area contributed by atoms with Crippen LogP contribution in [0, 0.1) is 0 Å². The Kier molecular flexibility index (Phi) is 4.79. The lowest BCUT2D eigenvalue weighted by atomic mass is 9.93. The molecule has 1 aromatic rings. The van der Waals surface area contributed by atoms with E-state index in [4.69, 9.17) is 0 Å². The molecule has 25 heavy (non-hydrogen) atoms. The Bertz CT molecular complexity index is 787. The fourth-order valence-electron chi connectivity index (χ4n) is 3.37. The van der Waals surface area contributed by atoms with Crippen LogP contribution in [0.25, 0.3) is 0 Å². The van der Waals surface area contributed by atoms with Crippen LogP contribution in [0.4, 0.5) is 0 Å². The molecule has 1 aromatic heterocycles. The zero-order valence-electron chi connectivity index (χ0n) is 14.4. The van der Waals surface area contributed by atoms with Crippen LogP contribution in [0.15, 0.2) is 18.3 Å². The molecule has 0 saturated carbocycles. The summed E-state index contributed by atoms with van der Waals surface area (Å²) in [6, 6.07) is 3.69. The lowest BCUT2D eigenvalue weighted by Gasteiger charge is -2.38. The highest BCUT2D eigenvalue weighted by molar-refractivity contribution is 7.88. The molecule has 0 radical (unpaired) electrons. The number of amides is 2. The van der Waals surface area contributed by atoms with Crippen molar-refractivity contribution < 1.29 is 18.0 Å². The second kappa shape index (κ2) is 6.72. The normalized spacial score (nSPS) is 21.8. The van der Waals surface area contributed by atoms with Gasteiger partial charge in [-0.2, -0.15) is 4.31 Å². The van der Waals surface area contributed by atoms with Crippen molar-refractivity contribution in [3.63, 3.8) is 0 Å². The molecule has 0 aromatic carbocycles. The molecule has 1 fully saturated rings. The van der Waals surface area contributed by atoms with Crippen molar-refractivity contribution in [3.8, 4) is 0 Å². The molecule has 1 atom stereocenters. The van der Waals surface area contributed by atoms with Gasteiger partial charge in [0.25, 0.3) is 0 Å². The van der Waals surface area contributed by atoms with E-state index in [2.05, 4.69) is 4.98 Å². The van der Waals surface area contributed by atoms with Gasteiger partial charge in [-0.05, 0) is 11.6 Å². The molecule has 2 amide bonds. The van der Waals surface area contributed by atoms with E-state index >= 15 is 0 Å². The van der Waals surface area contributed by atoms with Crippen molar-refractivity contribution in [2.24, 2.45) is 0 Å². The molecule has 0 spiro atoms. The molecule has 136 valence electrons. The third kappa shape index (κ3) is 3.67. The predicted molar refractivity (Wildman–Crippen MR) is 91.1 cm³/mol. The number of hydrogen-bond acceptors (Lipinski definition) is 5. The number of fused-ring (bicyclic) bond motifs is 1. The zero-order chi connectivity index (χ0) is 18.2. The van der Waals surface area contributed by atoms with Gasteiger partial charge < -0.3 is 9.80 Å². The van der Waals surface area contributed by atoms with Crippen LogP contribution in [-0.2, 0) is 26.2 Å². The lowest BCUT2D eigenvalue weighted by Crippen LogP contribution is -2.53. The molecule has 0 aliphatic carbocycles. The number of pyridine rings is 1. The second-order valence-corrected chi connectivity index (χ2v) is 8.47. The van der Waals surface area contributed by atoms with Crippen molar-refractivity contribution in [2.45, 2.75) is 19.4 Å². The quantitative estimate of drug-likeness (QED) is 0.712. The number of hydrogen-bond donors (Lipinski definition) is 0. The van der Waals surface area contributed by atoms with Crippen LogP contribution in [0.5, 0.6) is 0 Å². The first-order valence-corrected chi connectivity index (χ1v) is 10.1. The molecule has 1 unspecified atom stereocenters. The van der Waals surface area contributed by atoms with Crippen LogP contribution in [-0.4, -0.2) is 78.3 Å². The third-order valence-corrected chi connectivity index (χ3v) is 6.09. The van der Waals surface area contributed by atoms with Crippen LogP contribution < -0.4 is 0 Å². The summed E-state index contributed by atoms with van der Waals surface area (Å²) < 4.78 is 24.6. The van der Waals surface area contributed by atoms with E-state index in [-0.39, 0.29) is 11.8 Å². The van der Waals surface area contributed by atoms with Crippen LogP contribution in [0.2, 0.25) is 0 Å². The molecular weight excluding hydrogens is 344 g/mol. The smallest absolute Gasteiger partial charge is 0.233 e. The summed E-state index contributed by atoms with van der Waals surface area (Å²) in [4.78, 5) is 32.5. The molecule has 2 aliphatic heterocycles. The summed E-state index contributed by atoms with van der Waals surface area (Å²) in [5.74, 6) is -0.674. The average molecular weight is 366 g/mol. The zero-order valence-corrected chi connectivity index (χ0v) is 15.2. The molecular formula is C16H22N4O4S. The highest BCUT2D eigenvalue weighted by Crippen LogP contribution is 2.28. The summed E-state index contributed by atoms with van der Waals surface area (Å²) in [5.41, 5.74) is 1.60. The minimum Gasteiger partial charge on any atom is -0.339 e. The van der Waals surface area contributed by atoms with Crippen LogP contribution in [0.3, 0.4) is 0 Å². The fraction of sp³-hybridized carbons (Fsp3) is 0.562. The maximum atomic E-state index is 13.0. The van der Waals surface area contributed by atoms with Gasteiger partial charge in [0.2, 0.25) is 21.8 Å². The molecule has 2 aliphatic rings. The predicted octanol–water partition coefficient (Wildman–Crippen LogP) is -0.369. The molecule has 0 N–H and O–H groups in total. The summed E-state index contributed by atoms with van der Waals surface area (Å²) in [7, 11) is -3.24. The van der Waals surface area contributed by atoms with E-state index in [1.807, 2.05) is 6.07 Å². The van der Waals surface area contributed by atoms with Crippen LogP contribution >= 0.6 is 0 Å². The van der Waals surface area contributed by atoms with E-state index in [9.17, 15) is 18.0 Å². The van der Waals surface area contributed by atoms with Crippen molar-refractivity contribution in [1.29, 1.82) is 0 Å². The Morgan fingerprint density at radius 2 is 1.84 bits per heavy atom. The lowest BCUT2D eigenvalue weighted by molar-refractivity contribution is -0.137. The first-order chi connectivity index (χ1) is 11.8. The third-order valence-electron chi connectivity index (χ3n) is 4.78. The topological polar surface area (TPSA) is 90.9 Å². The van der Waals surface area contributed by atoms with Gasteiger partial charge in [0, 0.05) is 52.4 Å². The van der Waals surface area contributed by atoms with Gasteiger partial charge in [-0.15, -0.1) is 0 Å². The first kappa shape index (κ1) is 17.8. The number of carbonyl (C=O) groups excluding carboxylic acids is 2. The van der Waals surface area contributed by atoms with Gasteiger partial charge in [-0.1, -0.05) is 6.07 Å². The van der Waals surface area contributed by atoms with E-state index in [1.165, 1.54) is 17.5 Å². The fourth-order valence-corrected chi connectivity index (χ4v) is 4.20. The van der Waals surface area contributed by atoms with Gasteiger partial charge in [0.05, 0.1) is 17.9 Å². The monoisotopic (exact) mass is 366 g/mol. The minimum atomic E-state index is -3.24. The Morgan fingerprint density at radius 3 is 2.44 bits per heavy atom. The van der Waals surface area contributed by atoms with Crippen molar-refractivity contribution in [2.75, 3.05) is 39.0 Å². The summed E-state index contributed by atoms with van der Waals surface area (Å²) >= 11 is 0. The molecule has 1 saturated heterocycles. The molecule has 8 nitrogen and oxygen atoms in total. The van der Waals surface area contributed by atoms with Gasteiger partial charge in [0.15, 0.2) is 0 Å². The van der Waals surface area contributed by atoms with Crippen molar-refractivity contribution >= 4 is 21.8 Å². The SMILES string of the molecule is CC(=O)N1Cc2cccnc2C(C(=O)N2CCN(S(C)(=O)=O)CC2)C1. The number of sulfonamides is 1. The highest BCUT2D eigenvalue weighted by atomic mass is 32.2. The molecule has 3 rings (SSSR count). The average Bonchev–Trinajstić information content (AvgIpc) is 2.59. The highest BCUT2D eigenvalue weighted by Gasteiger charge is 2.36. The van der Waals surface area contributed by atoms with Gasteiger partial charge in [-0.25, -0.2) is 8.42 Å². The largest absolute Gasteiger partial charge is 0.339 e. The number of piperazine rings is 1. The van der Waals surface area contributed by atoms with Gasteiger partial charge in [0.1, 0.15) is 0 Å². The summed E-state index contributed by atoms with van der Waals surface area (Å²) in [5, 5.41) is 0. The maximum absolute atomic E-state index is 13.0. The number of nitrogens with zero attached hydrogens (tertiary/aromatic N) is 4. The minimum absolute atomic E-state index is 0.0748. The van der Waals surface area contributed by atoms with Gasteiger partial charge in [-0.3, -0.25) is 14.6 Å². The van der Waals surface area contributed by atoms with E-state index in [0.29, 0.717) is 39.3 Å². The Hall–Kier alpha value is -2.00. The standard InChI is InChI=1S/C16H22N4O4S/c1-12(21)19-10-13-4-3-5-17-15(13)14(11-19)16(22)18-6-8-20(9-7-18)25(2,23)24/h3-5,14H,6-11H2,1-2H3. The van der Waals surface area contributed by atoms with Crippen LogP contribution in [0.1, 0.15) is 24.1 Å². The maximum Gasteiger partial charge on any atom is 0.233 e. The van der Waals surface area contributed by atoms with Crippen molar-refractivity contribution in [1.82, 2.24) is 19.1 Å². The Labute approximate surface area is 147 Å². The molecule has 0 bridgehead atoms. The number of carbonyl (C=O) groups is 2. The van der Waals surface area contributed by atoms with E-state index < -0.39 is 15.9 Å². The number of rotatable bonds is 2. The first-order valence-electron chi connectivity index (χ1n) is 8.20. The Morgan fingerprint density at radius 1 is 1.16 bits per heavy atom. The summed E-state index contributed by atoms with van der Waals surface area (Å²) in [6.07, 6.45) is 2.83. The van der Waals surface area contributed by atoms with Crippen molar-refractivity contribution in [3.05, 3.63) is 29.6 Å².